The maximum absolute atomic E-state index is 4.08. The van der Waals surface area contributed by atoms with Crippen molar-refractivity contribution >= 4 is 35.1 Å². The number of pyridine rings is 1. The van der Waals surface area contributed by atoms with Gasteiger partial charge in [-0.05, 0) is 39.6 Å². The molecule has 0 aliphatic heterocycles. The van der Waals surface area contributed by atoms with E-state index < -0.39 is 0 Å². The molecule has 1 nitrogen and oxygen atoms in total. The Balaban J connectivity index is 0.000000185. The molecular formula is C23H21N. The topological polar surface area (TPSA) is 12.9 Å². The first-order valence-electron chi connectivity index (χ1n) is 7.71. The van der Waals surface area contributed by atoms with Gasteiger partial charge < -0.3 is 0 Å². The summed E-state index contributed by atoms with van der Waals surface area (Å²) in [6.45, 7) is 14.9. The van der Waals surface area contributed by atoms with Gasteiger partial charge in [0.05, 0.1) is 5.69 Å². The van der Waals surface area contributed by atoms with Crippen LogP contribution in [0.15, 0.2) is 81.0 Å². The molecule has 2 aromatic carbocycles. The Labute approximate surface area is 144 Å². The van der Waals surface area contributed by atoms with E-state index in [0.717, 1.165) is 22.4 Å². The zero-order valence-corrected chi connectivity index (χ0v) is 13.8. The molecule has 0 saturated carbocycles. The van der Waals surface area contributed by atoms with Gasteiger partial charge in [-0.15, -0.1) is 0 Å². The van der Waals surface area contributed by atoms with Crippen molar-refractivity contribution in [3.05, 3.63) is 103 Å². The summed E-state index contributed by atoms with van der Waals surface area (Å²) in [6.07, 6.45) is 8.98. The molecule has 1 heteroatoms. The van der Waals surface area contributed by atoms with E-state index in [1.165, 1.54) is 10.8 Å². The number of benzene rings is 2. The largest absolute Gasteiger partial charge is 0.256 e. The number of rotatable bonds is 4. The van der Waals surface area contributed by atoms with Crippen molar-refractivity contribution in [3.8, 4) is 0 Å². The van der Waals surface area contributed by atoms with E-state index in [1.807, 2.05) is 36.4 Å². The molecule has 3 rings (SSSR count). The van der Waals surface area contributed by atoms with Gasteiger partial charge in [0.25, 0.3) is 0 Å². The second-order valence-corrected chi connectivity index (χ2v) is 5.08. The van der Waals surface area contributed by atoms with E-state index in [-0.39, 0.29) is 0 Å². The fraction of sp³-hybridized carbons (Fsp3) is 0. The average molecular weight is 311 g/mol. The van der Waals surface area contributed by atoms with Crippen LogP contribution in [-0.2, 0) is 0 Å². The minimum Gasteiger partial charge on any atom is -0.256 e. The molecule has 0 amide bonds. The number of hydrogen-bond donors (Lipinski definition) is 0. The van der Waals surface area contributed by atoms with Gasteiger partial charge in [-0.2, -0.15) is 0 Å². The third kappa shape index (κ3) is 3.76. The quantitative estimate of drug-likeness (QED) is 0.536. The lowest BCUT2D eigenvalue weighted by Gasteiger charge is -2.05. The van der Waals surface area contributed by atoms with Gasteiger partial charge in [0.2, 0.25) is 0 Å². The van der Waals surface area contributed by atoms with Gasteiger partial charge in [-0.25, -0.2) is 0 Å². The Hall–Kier alpha value is -3.19. The number of hydrogen-bond acceptors (Lipinski definition) is 1. The fourth-order valence-corrected chi connectivity index (χ4v) is 2.49. The summed E-state index contributed by atoms with van der Waals surface area (Å²) >= 11 is 0. The SMILES string of the molecule is C=Cc1ccc2ccccc2c1C=C.C=Cc1cccnc1C=C. The molecular weight excluding hydrogens is 290 g/mol. The van der Waals surface area contributed by atoms with Crippen molar-refractivity contribution in [1.29, 1.82) is 0 Å². The van der Waals surface area contributed by atoms with E-state index in [0.29, 0.717) is 0 Å². The highest BCUT2D eigenvalue weighted by molar-refractivity contribution is 5.93. The first-order chi connectivity index (χ1) is 11.7. The maximum atomic E-state index is 4.08. The average Bonchev–Trinajstić information content (AvgIpc) is 2.67. The second-order valence-electron chi connectivity index (χ2n) is 5.08. The predicted octanol–water partition coefficient (Wildman–Crippen LogP) is 6.49. The van der Waals surface area contributed by atoms with Crippen LogP contribution < -0.4 is 0 Å². The van der Waals surface area contributed by atoms with Crippen molar-refractivity contribution in [2.75, 3.05) is 0 Å². The molecule has 0 N–H and O–H groups in total. The Morgan fingerprint density at radius 1 is 0.667 bits per heavy atom. The lowest BCUT2D eigenvalue weighted by atomic mass is 9.99. The summed E-state index contributed by atoms with van der Waals surface area (Å²) in [7, 11) is 0. The molecule has 1 heterocycles. The third-order valence-electron chi connectivity index (χ3n) is 3.71. The Kier molecular flexibility index (Phi) is 6.04. The third-order valence-corrected chi connectivity index (χ3v) is 3.71. The molecule has 0 spiro atoms. The second kappa shape index (κ2) is 8.44. The van der Waals surface area contributed by atoms with Gasteiger partial charge in [0.15, 0.2) is 0 Å². The van der Waals surface area contributed by atoms with E-state index in [2.05, 4.69) is 55.6 Å². The lowest BCUT2D eigenvalue weighted by Crippen LogP contribution is -1.82. The molecule has 118 valence electrons. The molecule has 0 fully saturated rings. The standard InChI is InChI=1S/C14H12.C9H9N/c1-3-11-9-10-12-7-5-6-8-14(12)13(11)4-2;1-3-8-6-5-7-10-9(8)4-2/h3-10H,1-2H2;3-7H,1-2H2. The molecule has 0 aliphatic rings. The maximum Gasteiger partial charge on any atom is 0.0695 e. The molecule has 0 atom stereocenters. The summed E-state index contributed by atoms with van der Waals surface area (Å²) in [5, 5.41) is 2.48. The highest BCUT2D eigenvalue weighted by Gasteiger charge is 2.00. The van der Waals surface area contributed by atoms with Crippen LogP contribution in [0.1, 0.15) is 22.4 Å². The van der Waals surface area contributed by atoms with Crippen LogP contribution in [0.25, 0.3) is 35.1 Å². The number of nitrogens with zero attached hydrogens (tertiary/aromatic N) is 1. The van der Waals surface area contributed by atoms with Crippen LogP contribution >= 0.6 is 0 Å². The Morgan fingerprint density at radius 2 is 1.42 bits per heavy atom. The minimum atomic E-state index is 0.887. The summed E-state index contributed by atoms with van der Waals surface area (Å²) in [5.74, 6) is 0. The van der Waals surface area contributed by atoms with E-state index in [1.54, 1.807) is 18.3 Å². The molecule has 24 heavy (non-hydrogen) atoms. The Morgan fingerprint density at radius 3 is 2.04 bits per heavy atom. The van der Waals surface area contributed by atoms with Crippen molar-refractivity contribution in [2.24, 2.45) is 0 Å². The van der Waals surface area contributed by atoms with Crippen LogP contribution in [0.5, 0.6) is 0 Å². The van der Waals surface area contributed by atoms with Crippen LogP contribution in [0, 0.1) is 0 Å². The number of fused-ring (bicyclic) bond motifs is 1. The lowest BCUT2D eigenvalue weighted by molar-refractivity contribution is 1.28. The summed E-state index contributed by atoms with van der Waals surface area (Å²) < 4.78 is 0. The minimum absolute atomic E-state index is 0.887. The van der Waals surface area contributed by atoms with Crippen molar-refractivity contribution < 1.29 is 0 Å². The smallest absolute Gasteiger partial charge is 0.0695 e. The monoisotopic (exact) mass is 311 g/mol. The molecule has 0 unspecified atom stereocenters. The van der Waals surface area contributed by atoms with Gasteiger partial charge >= 0.3 is 0 Å². The molecule has 0 bridgehead atoms. The Bertz CT molecular complexity index is 860. The van der Waals surface area contributed by atoms with Crippen molar-refractivity contribution in [3.63, 3.8) is 0 Å². The zero-order chi connectivity index (χ0) is 17.4. The molecule has 0 saturated heterocycles. The van der Waals surface area contributed by atoms with E-state index in [4.69, 9.17) is 0 Å². The molecule has 1 aromatic heterocycles. The van der Waals surface area contributed by atoms with Crippen LogP contribution in [0.3, 0.4) is 0 Å². The van der Waals surface area contributed by atoms with Crippen LogP contribution in [0.2, 0.25) is 0 Å². The molecule has 0 radical (unpaired) electrons. The fourth-order valence-electron chi connectivity index (χ4n) is 2.49. The van der Waals surface area contributed by atoms with Crippen molar-refractivity contribution in [1.82, 2.24) is 4.98 Å². The zero-order valence-electron chi connectivity index (χ0n) is 13.8. The highest BCUT2D eigenvalue weighted by Crippen LogP contribution is 2.24. The normalized spacial score (nSPS) is 9.50. The van der Waals surface area contributed by atoms with Gasteiger partial charge in [0.1, 0.15) is 0 Å². The first-order valence-corrected chi connectivity index (χ1v) is 7.71. The molecule has 0 aliphatic carbocycles. The summed E-state index contributed by atoms with van der Waals surface area (Å²) in [5.41, 5.74) is 4.21. The summed E-state index contributed by atoms with van der Waals surface area (Å²) in [4.78, 5) is 4.08. The van der Waals surface area contributed by atoms with E-state index in [9.17, 15) is 0 Å². The van der Waals surface area contributed by atoms with Gasteiger partial charge in [0, 0.05) is 6.20 Å². The summed E-state index contributed by atoms with van der Waals surface area (Å²) in [6, 6.07) is 16.3. The van der Waals surface area contributed by atoms with Crippen LogP contribution in [-0.4, -0.2) is 4.98 Å². The highest BCUT2D eigenvalue weighted by atomic mass is 14.7. The first kappa shape index (κ1) is 17.2. The van der Waals surface area contributed by atoms with Gasteiger partial charge in [-0.3, -0.25) is 4.98 Å². The van der Waals surface area contributed by atoms with Crippen molar-refractivity contribution in [2.45, 2.75) is 0 Å². The van der Waals surface area contributed by atoms with Gasteiger partial charge in [-0.1, -0.05) is 87.0 Å². The van der Waals surface area contributed by atoms with Crippen LogP contribution in [0.4, 0.5) is 0 Å². The predicted molar refractivity (Wildman–Crippen MR) is 109 cm³/mol. The van der Waals surface area contributed by atoms with E-state index >= 15 is 0 Å². The molecule has 3 aromatic rings. The number of aromatic nitrogens is 1.